The molecule has 0 radical (unpaired) electrons. The van der Waals surface area contributed by atoms with E-state index >= 15 is 0 Å². The van der Waals surface area contributed by atoms with Crippen LogP contribution in [0.15, 0.2) is 0 Å². The van der Waals surface area contributed by atoms with Gasteiger partial charge in [0.1, 0.15) is 0 Å². The van der Waals surface area contributed by atoms with E-state index in [1.807, 2.05) is 0 Å². The van der Waals surface area contributed by atoms with E-state index in [1.165, 1.54) is 7.11 Å². The molecule has 2 atom stereocenters. The quantitative estimate of drug-likeness (QED) is 0.436. The molecule has 0 aromatic rings. The molecule has 5 heteroatoms. The number of carbonyl (C=O) groups excluding carboxylic acids is 1. The molecule has 5 nitrogen and oxygen atoms in total. The summed E-state index contributed by atoms with van der Waals surface area (Å²) in [6, 6.07) is 0. The Hall–Kier alpha value is -0.650. The predicted molar refractivity (Wildman–Crippen MR) is 56.5 cm³/mol. The Morgan fingerprint density at radius 1 is 1.47 bits per heavy atom. The van der Waals surface area contributed by atoms with Crippen LogP contribution >= 0.6 is 0 Å². The standard InChI is InChI=1S/C10H21NO4/c1-8(10(13)15-3)6-11-5-4-9(12)7-14-2/h8-9,11-12H,4-7H2,1-3H3. The van der Waals surface area contributed by atoms with Gasteiger partial charge in [-0.1, -0.05) is 6.92 Å². The molecule has 0 aromatic heterocycles. The maximum absolute atomic E-state index is 11.0. The number of hydrogen-bond donors (Lipinski definition) is 2. The van der Waals surface area contributed by atoms with Crippen molar-refractivity contribution in [3.63, 3.8) is 0 Å². The Morgan fingerprint density at radius 3 is 2.67 bits per heavy atom. The number of hydrogen-bond acceptors (Lipinski definition) is 5. The molecular weight excluding hydrogens is 198 g/mol. The fourth-order valence-electron chi connectivity index (χ4n) is 1.15. The number of ether oxygens (including phenoxy) is 2. The summed E-state index contributed by atoms with van der Waals surface area (Å²) in [6.45, 7) is 3.36. The van der Waals surface area contributed by atoms with Gasteiger partial charge in [-0.05, 0) is 13.0 Å². The van der Waals surface area contributed by atoms with Crippen molar-refractivity contribution < 1.29 is 19.4 Å². The summed E-state index contributed by atoms with van der Waals surface area (Å²) in [5.41, 5.74) is 0. The van der Waals surface area contributed by atoms with E-state index in [0.717, 1.165) is 0 Å². The summed E-state index contributed by atoms with van der Waals surface area (Å²) < 4.78 is 9.37. The molecule has 0 aliphatic rings. The van der Waals surface area contributed by atoms with Gasteiger partial charge in [-0.2, -0.15) is 0 Å². The number of aliphatic hydroxyl groups excluding tert-OH is 1. The van der Waals surface area contributed by atoms with Gasteiger partial charge in [0.15, 0.2) is 0 Å². The largest absolute Gasteiger partial charge is 0.469 e. The van der Waals surface area contributed by atoms with Gasteiger partial charge in [0.2, 0.25) is 0 Å². The molecule has 2 unspecified atom stereocenters. The van der Waals surface area contributed by atoms with Crippen molar-refractivity contribution in [2.24, 2.45) is 5.92 Å². The van der Waals surface area contributed by atoms with Gasteiger partial charge >= 0.3 is 5.97 Å². The molecule has 0 saturated heterocycles. The molecule has 0 heterocycles. The van der Waals surface area contributed by atoms with Gasteiger partial charge < -0.3 is 19.9 Å². The molecule has 0 spiro atoms. The molecule has 0 aliphatic carbocycles. The minimum Gasteiger partial charge on any atom is -0.469 e. The van der Waals surface area contributed by atoms with Crippen LogP contribution in [0.1, 0.15) is 13.3 Å². The Labute approximate surface area is 90.8 Å². The summed E-state index contributed by atoms with van der Waals surface area (Å²) in [6.07, 6.45) is 0.165. The second-order valence-electron chi connectivity index (χ2n) is 3.53. The minimum atomic E-state index is -0.448. The summed E-state index contributed by atoms with van der Waals surface area (Å²) in [7, 11) is 2.93. The van der Waals surface area contributed by atoms with Crippen LogP contribution in [-0.4, -0.2) is 51.1 Å². The average Bonchev–Trinajstić information content (AvgIpc) is 2.23. The highest BCUT2D eigenvalue weighted by Gasteiger charge is 2.12. The SMILES string of the molecule is COCC(O)CCNCC(C)C(=O)OC. The normalized spacial score (nSPS) is 14.7. The monoisotopic (exact) mass is 219 g/mol. The highest BCUT2D eigenvalue weighted by atomic mass is 16.5. The third-order valence-corrected chi connectivity index (χ3v) is 2.07. The number of nitrogens with one attached hydrogen (secondary N) is 1. The fourth-order valence-corrected chi connectivity index (χ4v) is 1.15. The average molecular weight is 219 g/mol. The van der Waals surface area contributed by atoms with Crippen LogP contribution in [-0.2, 0) is 14.3 Å². The topological polar surface area (TPSA) is 67.8 Å². The van der Waals surface area contributed by atoms with Crippen LogP contribution in [0.25, 0.3) is 0 Å². The zero-order chi connectivity index (χ0) is 11.7. The summed E-state index contributed by atoms with van der Waals surface area (Å²) in [5, 5.41) is 12.4. The third kappa shape index (κ3) is 7.30. The van der Waals surface area contributed by atoms with Gasteiger partial charge in [0.25, 0.3) is 0 Å². The number of methoxy groups -OCH3 is 2. The smallest absolute Gasteiger partial charge is 0.309 e. The lowest BCUT2D eigenvalue weighted by Gasteiger charge is -2.12. The van der Waals surface area contributed by atoms with Crippen LogP contribution in [0.3, 0.4) is 0 Å². The third-order valence-electron chi connectivity index (χ3n) is 2.07. The van der Waals surface area contributed by atoms with E-state index in [2.05, 4.69) is 10.1 Å². The van der Waals surface area contributed by atoms with Crippen molar-refractivity contribution >= 4 is 5.97 Å². The predicted octanol–water partition coefficient (Wildman–Crippen LogP) is -0.217. The molecule has 0 amide bonds. The molecule has 90 valence electrons. The van der Waals surface area contributed by atoms with Crippen molar-refractivity contribution in [1.29, 1.82) is 0 Å². The van der Waals surface area contributed by atoms with E-state index in [9.17, 15) is 9.90 Å². The molecule has 0 bridgehead atoms. The maximum Gasteiger partial charge on any atom is 0.309 e. The first-order valence-electron chi connectivity index (χ1n) is 5.07. The van der Waals surface area contributed by atoms with Crippen molar-refractivity contribution in [3.05, 3.63) is 0 Å². The van der Waals surface area contributed by atoms with Crippen LogP contribution < -0.4 is 5.32 Å². The zero-order valence-electron chi connectivity index (χ0n) is 9.66. The molecular formula is C10H21NO4. The molecule has 0 saturated carbocycles. The summed E-state index contributed by atoms with van der Waals surface area (Å²) in [5.74, 6) is -0.380. The lowest BCUT2D eigenvalue weighted by Crippen LogP contribution is -2.30. The Kier molecular flexibility index (Phi) is 8.27. The molecule has 15 heavy (non-hydrogen) atoms. The van der Waals surface area contributed by atoms with E-state index in [4.69, 9.17) is 4.74 Å². The van der Waals surface area contributed by atoms with Crippen LogP contribution in [0.4, 0.5) is 0 Å². The van der Waals surface area contributed by atoms with Gasteiger partial charge in [-0.15, -0.1) is 0 Å². The highest BCUT2D eigenvalue weighted by Crippen LogP contribution is 1.96. The summed E-state index contributed by atoms with van der Waals surface area (Å²) in [4.78, 5) is 11.0. The van der Waals surface area contributed by atoms with Gasteiger partial charge in [0, 0.05) is 13.7 Å². The minimum absolute atomic E-state index is 0.158. The fraction of sp³-hybridized carbons (Fsp3) is 0.900. The molecule has 0 rings (SSSR count). The van der Waals surface area contributed by atoms with Gasteiger partial charge in [-0.25, -0.2) is 0 Å². The first kappa shape index (κ1) is 14.3. The lowest BCUT2D eigenvalue weighted by atomic mass is 10.2. The van der Waals surface area contributed by atoms with Crippen molar-refractivity contribution in [3.8, 4) is 0 Å². The van der Waals surface area contributed by atoms with Gasteiger partial charge in [0.05, 0.1) is 25.7 Å². The molecule has 2 N–H and O–H groups in total. The number of aliphatic hydroxyl groups is 1. The number of rotatable bonds is 8. The molecule has 0 aliphatic heterocycles. The van der Waals surface area contributed by atoms with E-state index < -0.39 is 6.10 Å². The Balaban J connectivity index is 3.41. The molecule has 0 aromatic carbocycles. The second-order valence-corrected chi connectivity index (χ2v) is 3.53. The van der Waals surface area contributed by atoms with Crippen molar-refractivity contribution in [1.82, 2.24) is 5.32 Å². The van der Waals surface area contributed by atoms with E-state index in [0.29, 0.717) is 26.1 Å². The Morgan fingerprint density at radius 2 is 2.13 bits per heavy atom. The van der Waals surface area contributed by atoms with Crippen molar-refractivity contribution in [2.45, 2.75) is 19.4 Å². The first-order chi connectivity index (χ1) is 7.11. The van der Waals surface area contributed by atoms with Crippen LogP contribution in [0, 0.1) is 5.92 Å². The molecule has 0 fully saturated rings. The summed E-state index contributed by atoms with van der Waals surface area (Å²) >= 11 is 0. The van der Waals surface area contributed by atoms with Crippen LogP contribution in [0.2, 0.25) is 0 Å². The highest BCUT2D eigenvalue weighted by molar-refractivity contribution is 5.71. The zero-order valence-corrected chi connectivity index (χ0v) is 9.66. The maximum atomic E-state index is 11.0. The van der Waals surface area contributed by atoms with E-state index in [-0.39, 0.29) is 11.9 Å². The number of esters is 1. The Bertz CT molecular complexity index is 175. The first-order valence-corrected chi connectivity index (χ1v) is 5.07. The number of carbonyl (C=O) groups is 1. The van der Waals surface area contributed by atoms with Crippen molar-refractivity contribution in [2.75, 3.05) is 33.9 Å². The van der Waals surface area contributed by atoms with Crippen LogP contribution in [0.5, 0.6) is 0 Å². The lowest BCUT2D eigenvalue weighted by molar-refractivity contribution is -0.144. The van der Waals surface area contributed by atoms with E-state index in [1.54, 1.807) is 14.0 Å². The second kappa shape index (κ2) is 8.64. The van der Waals surface area contributed by atoms with Gasteiger partial charge in [-0.3, -0.25) is 4.79 Å².